The topological polar surface area (TPSA) is 74.2 Å². The van der Waals surface area contributed by atoms with Gasteiger partial charge in [0.15, 0.2) is 0 Å². The van der Waals surface area contributed by atoms with Crippen LogP contribution in [0.15, 0.2) is 24.3 Å². The first-order valence-electron chi connectivity index (χ1n) is 5.43. The van der Waals surface area contributed by atoms with E-state index in [-0.39, 0.29) is 12.1 Å². The van der Waals surface area contributed by atoms with Gasteiger partial charge in [-0.05, 0) is 30.7 Å². The molecule has 1 fully saturated rings. The number of nitrogens with one attached hydrogen (secondary N) is 2. The van der Waals surface area contributed by atoms with Gasteiger partial charge in [-0.2, -0.15) is 5.26 Å². The summed E-state index contributed by atoms with van der Waals surface area (Å²) in [5.74, 6) is 0. The molecule has 17 heavy (non-hydrogen) atoms. The molecule has 2 amide bonds. The summed E-state index contributed by atoms with van der Waals surface area (Å²) in [6, 6.07) is 8.58. The second-order valence-electron chi connectivity index (χ2n) is 3.85. The highest BCUT2D eigenvalue weighted by atomic mass is 16.5. The highest BCUT2D eigenvalue weighted by Gasteiger charge is 2.17. The average Bonchev–Trinajstić information content (AvgIpc) is 2.82. The number of nitrogens with zero attached hydrogens (tertiary/aromatic N) is 1. The zero-order valence-electron chi connectivity index (χ0n) is 9.27. The van der Waals surface area contributed by atoms with Crippen LogP contribution in [-0.4, -0.2) is 25.3 Å². The predicted molar refractivity (Wildman–Crippen MR) is 62.5 cm³/mol. The maximum absolute atomic E-state index is 11.6. The molecule has 0 bridgehead atoms. The maximum atomic E-state index is 11.6. The number of nitriles is 1. The van der Waals surface area contributed by atoms with E-state index in [9.17, 15) is 4.79 Å². The first-order valence-corrected chi connectivity index (χ1v) is 5.43. The molecule has 1 aromatic rings. The van der Waals surface area contributed by atoms with E-state index in [1.165, 1.54) is 0 Å². The summed E-state index contributed by atoms with van der Waals surface area (Å²) in [6.07, 6.45) is 0.848. The van der Waals surface area contributed by atoms with Gasteiger partial charge in [0.25, 0.3) is 0 Å². The normalized spacial score (nSPS) is 18.4. The lowest BCUT2D eigenvalue weighted by Gasteiger charge is -2.11. The highest BCUT2D eigenvalue weighted by molar-refractivity contribution is 5.89. The zero-order valence-corrected chi connectivity index (χ0v) is 9.27. The summed E-state index contributed by atoms with van der Waals surface area (Å²) in [6.45, 7) is 1.27. The molecule has 1 aliphatic rings. The maximum Gasteiger partial charge on any atom is 0.319 e. The Bertz CT molecular complexity index is 430. The van der Waals surface area contributed by atoms with Gasteiger partial charge in [0.05, 0.1) is 24.3 Å². The minimum atomic E-state index is -0.245. The van der Waals surface area contributed by atoms with Crippen molar-refractivity contribution in [3.8, 4) is 6.07 Å². The van der Waals surface area contributed by atoms with Crippen LogP contribution in [0.25, 0.3) is 0 Å². The van der Waals surface area contributed by atoms with E-state index in [1.54, 1.807) is 24.3 Å². The van der Waals surface area contributed by atoms with E-state index in [2.05, 4.69) is 10.6 Å². The van der Waals surface area contributed by atoms with Crippen molar-refractivity contribution in [2.75, 3.05) is 18.5 Å². The number of amides is 2. The van der Waals surface area contributed by atoms with Gasteiger partial charge in [0, 0.05) is 12.3 Å². The van der Waals surface area contributed by atoms with Crippen LogP contribution < -0.4 is 10.6 Å². The third-order valence-electron chi connectivity index (χ3n) is 2.54. The predicted octanol–water partition coefficient (Wildman–Crippen LogP) is 1.47. The average molecular weight is 231 g/mol. The molecule has 0 radical (unpaired) electrons. The molecule has 1 atom stereocenters. The zero-order chi connectivity index (χ0) is 12.1. The Morgan fingerprint density at radius 3 is 2.76 bits per heavy atom. The van der Waals surface area contributed by atoms with Crippen LogP contribution in [0.4, 0.5) is 10.5 Å². The summed E-state index contributed by atoms with van der Waals surface area (Å²) >= 11 is 0. The largest absolute Gasteiger partial charge is 0.379 e. The number of rotatable bonds is 2. The van der Waals surface area contributed by atoms with Crippen molar-refractivity contribution in [1.82, 2.24) is 5.32 Å². The molecule has 1 heterocycles. The van der Waals surface area contributed by atoms with Gasteiger partial charge in [-0.15, -0.1) is 0 Å². The third kappa shape index (κ3) is 3.20. The third-order valence-corrected chi connectivity index (χ3v) is 2.54. The van der Waals surface area contributed by atoms with Gasteiger partial charge in [0.1, 0.15) is 0 Å². The van der Waals surface area contributed by atoms with Crippen LogP contribution in [0.3, 0.4) is 0 Å². The Kier molecular flexibility index (Phi) is 3.58. The van der Waals surface area contributed by atoms with Crippen molar-refractivity contribution in [3.63, 3.8) is 0 Å². The molecule has 0 aliphatic carbocycles. The fourth-order valence-electron chi connectivity index (χ4n) is 1.63. The summed E-state index contributed by atoms with van der Waals surface area (Å²) in [7, 11) is 0. The van der Waals surface area contributed by atoms with Gasteiger partial charge < -0.3 is 15.4 Å². The lowest BCUT2D eigenvalue weighted by atomic mass is 10.2. The van der Waals surface area contributed by atoms with Crippen LogP contribution in [-0.2, 0) is 4.74 Å². The molecule has 1 unspecified atom stereocenters. The number of hydrogen-bond acceptors (Lipinski definition) is 3. The van der Waals surface area contributed by atoms with Crippen molar-refractivity contribution in [1.29, 1.82) is 5.26 Å². The second-order valence-corrected chi connectivity index (χ2v) is 3.85. The van der Waals surface area contributed by atoms with Crippen molar-refractivity contribution >= 4 is 11.7 Å². The van der Waals surface area contributed by atoms with Gasteiger partial charge >= 0.3 is 6.03 Å². The number of hydrogen-bond donors (Lipinski definition) is 2. The fourth-order valence-corrected chi connectivity index (χ4v) is 1.63. The lowest BCUT2D eigenvalue weighted by Crippen LogP contribution is -2.38. The van der Waals surface area contributed by atoms with Gasteiger partial charge in [-0.3, -0.25) is 0 Å². The van der Waals surface area contributed by atoms with Gasteiger partial charge in [0.2, 0.25) is 0 Å². The van der Waals surface area contributed by atoms with E-state index in [1.807, 2.05) is 6.07 Å². The number of benzene rings is 1. The molecule has 2 N–H and O–H groups in total. The SMILES string of the molecule is N#Cc1ccc(NC(=O)NC2CCOC2)cc1. The van der Waals surface area contributed by atoms with Crippen molar-refractivity contribution < 1.29 is 9.53 Å². The molecule has 0 aromatic heterocycles. The molecule has 0 saturated carbocycles. The number of ether oxygens (including phenoxy) is 1. The van der Waals surface area contributed by atoms with Crippen LogP contribution in [0, 0.1) is 11.3 Å². The van der Waals surface area contributed by atoms with E-state index in [0.717, 1.165) is 6.42 Å². The summed E-state index contributed by atoms with van der Waals surface area (Å²) in [5.41, 5.74) is 1.24. The lowest BCUT2D eigenvalue weighted by molar-refractivity contribution is 0.189. The smallest absolute Gasteiger partial charge is 0.319 e. The van der Waals surface area contributed by atoms with Crippen LogP contribution in [0.1, 0.15) is 12.0 Å². The van der Waals surface area contributed by atoms with Crippen molar-refractivity contribution in [3.05, 3.63) is 29.8 Å². The second kappa shape index (κ2) is 5.32. The number of urea groups is 1. The Morgan fingerprint density at radius 1 is 1.41 bits per heavy atom. The molecule has 1 saturated heterocycles. The first kappa shape index (κ1) is 11.4. The Hall–Kier alpha value is -2.06. The van der Waals surface area contributed by atoms with E-state index < -0.39 is 0 Å². The number of anilines is 1. The van der Waals surface area contributed by atoms with Crippen LogP contribution in [0.5, 0.6) is 0 Å². The van der Waals surface area contributed by atoms with Crippen molar-refractivity contribution in [2.24, 2.45) is 0 Å². The van der Waals surface area contributed by atoms with Gasteiger partial charge in [-0.1, -0.05) is 0 Å². The van der Waals surface area contributed by atoms with Crippen LogP contribution in [0.2, 0.25) is 0 Å². The molecule has 2 rings (SSSR count). The Balaban J connectivity index is 1.86. The van der Waals surface area contributed by atoms with E-state index >= 15 is 0 Å². The minimum Gasteiger partial charge on any atom is -0.379 e. The molecule has 1 aliphatic heterocycles. The summed E-state index contributed by atoms with van der Waals surface area (Å²) in [4.78, 5) is 11.6. The summed E-state index contributed by atoms with van der Waals surface area (Å²) in [5, 5.41) is 14.2. The summed E-state index contributed by atoms with van der Waals surface area (Å²) < 4.78 is 5.16. The molecule has 1 aromatic carbocycles. The van der Waals surface area contributed by atoms with Crippen molar-refractivity contribution in [2.45, 2.75) is 12.5 Å². The van der Waals surface area contributed by atoms with E-state index in [0.29, 0.717) is 24.5 Å². The highest BCUT2D eigenvalue weighted by Crippen LogP contribution is 2.09. The fraction of sp³-hybridized carbons (Fsp3) is 0.333. The molecular formula is C12H13N3O2. The molecule has 88 valence electrons. The van der Waals surface area contributed by atoms with E-state index in [4.69, 9.17) is 10.00 Å². The molecule has 5 heteroatoms. The number of carbonyl (C=O) groups excluding carboxylic acids is 1. The monoisotopic (exact) mass is 231 g/mol. The Morgan fingerprint density at radius 2 is 2.18 bits per heavy atom. The van der Waals surface area contributed by atoms with Crippen LogP contribution >= 0.6 is 0 Å². The molecule has 0 spiro atoms. The van der Waals surface area contributed by atoms with Gasteiger partial charge in [-0.25, -0.2) is 4.79 Å². The molecule has 5 nitrogen and oxygen atoms in total. The Labute approximate surface area is 99.4 Å². The molecular weight excluding hydrogens is 218 g/mol. The standard InChI is InChI=1S/C12H13N3O2/c13-7-9-1-3-10(4-2-9)14-12(16)15-11-5-6-17-8-11/h1-4,11H,5-6,8H2,(H2,14,15,16). The number of carbonyl (C=O) groups is 1. The minimum absolute atomic E-state index is 0.0911. The first-order chi connectivity index (χ1) is 8.28. The quantitative estimate of drug-likeness (QED) is 0.809.